The summed E-state index contributed by atoms with van der Waals surface area (Å²) in [5, 5.41) is 14.2. The molecule has 7 heteroatoms. The Bertz CT molecular complexity index is 871. The van der Waals surface area contributed by atoms with E-state index in [1.807, 2.05) is 36.7 Å². The number of H-pyrrole nitrogens is 1. The molecule has 22 heavy (non-hydrogen) atoms. The van der Waals surface area contributed by atoms with Gasteiger partial charge in [-0.3, -0.25) is 9.97 Å². The molecule has 0 aliphatic rings. The van der Waals surface area contributed by atoms with Crippen molar-refractivity contribution in [1.29, 1.82) is 0 Å². The maximum absolute atomic E-state index is 4.20. The molecule has 0 saturated carbocycles. The number of tetrazole rings is 1. The summed E-state index contributed by atoms with van der Waals surface area (Å²) in [7, 11) is 0. The molecule has 4 rings (SSSR count). The maximum atomic E-state index is 4.20. The first kappa shape index (κ1) is 12.8. The molecule has 4 aromatic rings. The van der Waals surface area contributed by atoms with Gasteiger partial charge in [-0.25, -0.2) is 5.10 Å². The van der Waals surface area contributed by atoms with Gasteiger partial charge in [-0.1, -0.05) is 12.1 Å². The number of aromatic nitrogens is 6. The van der Waals surface area contributed by atoms with Crippen molar-refractivity contribution in [3.05, 3.63) is 55.1 Å². The summed E-state index contributed by atoms with van der Waals surface area (Å²) < 4.78 is 0. The SMILES string of the molecule is c1cncc(-c2cc(-c3nnn[nH]3)c(-c3cccnc3)s2)c1. The third kappa shape index (κ3) is 2.27. The van der Waals surface area contributed by atoms with Crippen LogP contribution >= 0.6 is 11.3 Å². The first-order valence-electron chi connectivity index (χ1n) is 6.60. The van der Waals surface area contributed by atoms with E-state index in [9.17, 15) is 0 Å². The molecule has 6 nitrogen and oxygen atoms in total. The number of pyridine rings is 2. The van der Waals surface area contributed by atoms with E-state index < -0.39 is 0 Å². The van der Waals surface area contributed by atoms with Crippen LogP contribution in [-0.4, -0.2) is 30.6 Å². The molecular weight excluding hydrogens is 296 g/mol. The van der Waals surface area contributed by atoms with Crippen LogP contribution in [0.15, 0.2) is 55.1 Å². The molecule has 106 valence electrons. The van der Waals surface area contributed by atoms with Crippen LogP contribution in [-0.2, 0) is 0 Å². The van der Waals surface area contributed by atoms with Gasteiger partial charge < -0.3 is 0 Å². The zero-order valence-corrected chi connectivity index (χ0v) is 12.2. The van der Waals surface area contributed by atoms with E-state index in [0.717, 1.165) is 26.4 Å². The molecule has 1 N–H and O–H groups in total. The van der Waals surface area contributed by atoms with Crippen molar-refractivity contribution in [2.45, 2.75) is 0 Å². The highest BCUT2D eigenvalue weighted by atomic mass is 32.1. The predicted molar refractivity (Wildman–Crippen MR) is 84.0 cm³/mol. The number of hydrogen-bond acceptors (Lipinski definition) is 6. The monoisotopic (exact) mass is 306 g/mol. The van der Waals surface area contributed by atoms with Gasteiger partial charge >= 0.3 is 0 Å². The highest BCUT2D eigenvalue weighted by molar-refractivity contribution is 7.19. The van der Waals surface area contributed by atoms with Crippen molar-refractivity contribution in [2.24, 2.45) is 0 Å². The Hall–Kier alpha value is -2.93. The molecule has 0 saturated heterocycles. The molecule has 0 unspecified atom stereocenters. The zero-order chi connectivity index (χ0) is 14.8. The van der Waals surface area contributed by atoms with Gasteiger partial charge in [0.15, 0.2) is 5.82 Å². The molecule has 0 fully saturated rings. The molecule has 0 aliphatic carbocycles. The Kier molecular flexibility index (Phi) is 3.17. The van der Waals surface area contributed by atoms with E-state index in [1.165, 1.54) is 0 Å². The fourth-order valence-corrected chi connectivity index (χ4v) is 3.34. The Morgan fingerprint density at radius 1 is 0.955 bits per heavy atom. The lowest BCUT2D eigenvalue weighted by Crippen LogP contribution is -1.82. The summed E-state index contributed by atoms with van der Waals surface area (Å²) in [4.78, 5) is 10.6. The van der Waals surface area contributed by atoms with Crippen LogP contribution in [0.3, 0.4) is 0 Å². The molecule has 0 atom stereocenters. The summed E-state index contributed by atoms with van der Waals surface area (Å²) in [5.74, 6) is 0.644. The standard InChI is InChI=1S/C15H10N6S/c1-3-10(8-16-5-1)13-7-12(15-18-20-21-19-15)14(22-13)11-4-2-6-17-9-11/h1-9H,(H,18,19,20,21). The molecule has 0 amide bonds. The van der Waals surface area contributed by atoms with Crippen LogP contribution in [0, 0.1) is 0 Å². The third-order valence-corrected chi connectivity index (χ3v) is 4.44. The van der Waals surface area contributed by atoms with Gasteiger partial charge in [-0.2, -0.15) is 0 Å². The van der Waals surface area contributed by atoms with E-state index >= 15 is 0 Å². The van der Waals surface area contributed by atoms with Crippen molar-refractivity contribution in [2.75, 3.05) is 0 Å². The number of nitrogens with zero attached hydrogens (tertiary/aromatic N) is 5. The number of aromatic amines is 1. The topological polar surface area (TPSA) is 80.2 Å². The second-order valence-electron chi connectivity index (χ2n) is 4.59. The Labute approximate surface area is 129 Å². The maximum Gasteiger partial charge on any atom is 0.180 e. The first-order chi connectivity index (χ1) is 10.9. The van der Waals surface area contributed by atoms with Gasteiger partial charge in [0.1, 0.15) is 0 Å². The lowest BCUT2D eigenvalue weighted by atomic mass is 10.1. The number of rotatable bonds is 3. The van der Waals surface area contributed by atoms with Crippen molar-refractivity contribution >= 4 is 11.3 Å². The zero-order valence-electron chi connectivity index (χ0n) is 11.3. The average Bonchev–Trinajstić information content (AvgIpc) is 3.26. The van der Waals surface area contributed by atoms with Crippen molar-refractivity contribution < 1.29 is 0 Å². The van der Waals surface area contributed by atoms with E-state index in [-0.39, 0.29) is 0 Å². The smallest absolute Gasteiger partial charge is 0.180 e. The van der Waals surface area contributed by atoms with E-state index in [1.54, 1.807) is 23.7 Å². The molecule has 4 heterocycles. The van der Waals surface area contributed by atoms with Crippen LogP contribution in [0.5, 0.6) is 0 Å². The minimum absolute atomic E-state index is 0.644. The largest absolute Gasteiger partial charge is 0.264 e. The summed E-state index contributed by atoms with van der Waals surface area (Å²) in [6.07, 6.45) is 7.21. The molecule has 4 aromatic heterocycles. The fraction of sp³-hybridized carbons (Fsp3) is 0. The van der Waals surface area contributed by atoms with Crippen molar-refractivity contribution in [1.82, 2.24) is 30.6 Å². The Morgan fingerprint density at radius 3 is 2.36 bits per heavy atom. The van der Waals surface area contributed by atoms with Gasteiger partial charge in [0, 0.05) is 51.2 Å². The highest BCUT2D eigenvalue weighted by Crippen LogP contribution is 2.41. The second kappa shape index (κ2) is 5.45. The lowest BCUT2D eigenvalue weighted by Gasteiger charge is -1.99. The van der Waals surface area contributed by atoms with Gasteiger partial charge in [0.25, 0.3) is 0 Å². The summed E-state index contributed by atoms with van der Waals surface area (Å²) in [5.41, 5.74) is 3.06. The molecular formula is C15H10N6S. The van der Waals surface area contributed by atoms with Crippen molar-refractivity contribution in [3.8, 4) is 32.3 Å². The van der Waals surface area contributed by atoms with Crippen LogP contribution < -0.4 is 0 Å². The molecule has 0 aromatic carbocycles. The average molecular weight is 306 g/mol. The fourth-order valence-electron chi connectivity index (χ4n) is 2.20. The normalized spacial score (nSPS) is 10.7. The molecule has 0 radical (unpaired) electrons. The van der Waals surface area contributed by atoms with Crippen LogP contribution in [0.25, 0.3) is 32.3 Å². The summed E-state index contributed by atoms with van der Waals surface area (Å²) in [6, 6.07) is 9.98. The van der Waals surface area contributed by atoms with Gasteiger partial charge in [-0.05, 0) is 28.6 Å². The van der Waals surface area contributed by atoms with E-state index in [0.29, 0.717) is 5.82 Å². The lowest BCUT2D eigenvalue weighted by molar-refractivity contribution is 0.881. The summed E-state index contributed by atoms with van der Waals surface area (Å²) in [6.45, 7) is 0. The third-order valence-electron chi connectivity index (χ3n) is 3.20. The number of hydrogen-bond donors (Lipinski definition) is 1. The minimum atomic E-state index is 0.644. The quantitative estimate of drug-likeness (QED) is 0.629. The number of nitrogens with one attached hydrogen (secondary N) is 1. The first-order valence-corrected chi connectivity index (χ1v) is 7.42. The van der Waals surface area contributed by atoms with Gasteiger partial charge in [-0.15, -0.1) is 16.4 Å². The Morgan fingerprint density at radius 2 is 1.73 bits per heavy atom. The molecule has 0 bridgehead atoms. The highest BCUT2D eigenvalue weighted by Gasteiger charge is 2.16. The molecule has 0 spiro atoms. The minimum Gasteiger partial charge on any atom is -0.264 e. The van der Waals surface area contributed by atoms with Crippen molar-refractivity contribution in [3.63, 3.8) is 0 Å². The van der Waals surface area contributed by atoms with Crippen LogP contribution in [0.1, 0.15) is 0 Å². The molecule has 0 aliphatic heterocycles. The van der Waals surface area contributed by atoms with Gasteiger partial charge in [0.2, 0.25) is 0 Å². The Balaban J connectivity index is 1.91. The van der Waals surface area contributed by atoms with Gasteiger partial charge in [0.05, 0.1) is 0 Å². The number of thiophene rings is 1. The second-order valence-corrected chi connectivity index (χ2v) is 5.64. The predicted octanol–water partition coefficient (Wildman–Crippen LogP) is 3.05. The van der Waals surface area contributed by atoms with E-state index in [4.69, 9.17) is 0 Å². The van der Waals surface area contributed by atoms with E-state index in [2.05, 4.69) is 36.7 Å². The summed E-state index contributed by atoms with van der Waals surface area (Å²) >= 11 is 1.67. The van der Waals surface area contributed by atoms with Crippen LogP contribution in [0.2, 0.25) is 0 Å². The van der Waals surface area contributed by atoms with Crippen LogP contribution in [0.4, 0.5) is 0 Å².